The molecule has 36 heavy (non-hydrogen) atoms. The van der Waals surface area contributed by atoms with Gasteiger partial charge in [0.2, 0.25) is 5.91 Å². The van der Waals surface area contributed by atoms with Crippen LogP contribution in [0, 0.1) is 16.7 Å². The van der Waals surface area contributed by atoms with Gasteiger partial charge in [0, 0.05) is 40.5 Å². The molecule has 2 aliphatic rings. The molecule has 3 aromatic heterocycles. The van der Waals surface area contributed by atoms with E-state index in [4.69, 9.17) is 16.6 Å². The van der Waals surface area contributed by atoms with E-state index in [0.29, 0.717) is 54.0 Å². The van der Waals surface area contributed by atoms with Crippen molar-refractivity contribution in [2.75, 3.05) is 18.1 Å². The van der Waals surface area contributed by atoms with Crippen molar-refractivity contribution in [1.82, 2.24) is 19.9 Å². The normalized spacial score (nSPS) is 16.0. The summed E-state index contributed by atoms with van der Waals surface area (Å²) in [6, 6.07) is 3.29. The second-order valence-electron chi connectivity index (χ2n) is 8.37. The van der Waals surface area contributed by atoms with Gasteiger partial charge in [0.15, 0.2) is 6.29 Å². The third-order valence-electron chi connectivity index (χ3n) is 5.78. The fourth-order valence-electron chi connectivity index (χ4n) is 3.78. The lowest BCUT2D eigenvalue weighted by molar-refractivity contribution is -0.124. The molecule has 1 fully saturated rings. The van der Waals surface area contributed by atoms with Crippen molar-refractivity contribution in [1.29, 1.82) is 10.8 Å². The first-order valence-corrected chi connectivity index (χ1v) is 12.9. The molecule has 1 aliphatic carbocycles. The van der Waals surface area contributed by atoms with E-state index in [1.807, 2.05) is 12.1 Å². The third kappa shape index (κ3) is 5.79. The van der Waals surface area contributed by atoms with Gasteiger partial charge in [-0.25, -0.2) is 9.97 Å². The highest BCUT2D eigenvalue weighted by molar-refractivity contribution is 8.27. The molecule has 1 aliphatic heterocycles. The molecule has 4 heterocycles. The Kier molecular flexibility index (Phi) is 7.79. The number of aromatic nitrogens is 3. The minimum absolute atomic E-state index is 0.0584. The van der Waals surface area contributed by atoms with Crippen LogP contribution in [0.25, 0.3) is 10.1 Å². The van der Waals surface area contributed by atoms with Gasteiger partial charge in [0.05, 0.1) is 17.8 Å². The van der Waals surface area contributed by atoms with E-state index in [1.165, 1.54) is 10.8 Å². The fraction of sp³-hybridized carbons (Fsp3) is 0.348. The topological polar surface area (TPSA) is 180 Å². The number of aryl methyl sites for hydroxylation is 1. The highest BCUT2D eigenvalue weighted by Gasteiger charge is 2.31. The summed E-state index contributed by atoms with van der Waals surface area (Å²) in [7, 11) is 1.67. The summed E-state index contributed by atoms with van der Waals surface area (Å²) in [6.45, 7) is 0.401. The Morgan fingerprint density at radius 3 is 2.75 bits per heavy atom. The Morgan fingerprint density at radius 2 is 2.06 bits per heavy atom. The van der Waals surface area contributed by atoms with Gasteiger partial charge in [-0.3, -0.25) is 29.8 Å². The first-order valence-electron chi connectivity index (χ1n) is 11.3. The van der Waals surface area contributed by atoms with Gasteiger partial charge in [-0.2, -0.15) is 0 Å². The van der Waals surface area contributed by atoms with Crippen LogP contribution in [0.1, 0.15) is 36.0 Å². The van der Waals surface area contributed by atoms with E-state index < -0.39 is 6.04 Å². The number of aldehydes is 1. The summed E-state index contributed by atoms with van der Waals surface area (Å²) in [6.07, 6.45) is 7.02. The zero-order valence-corrected chi connectivity index (χ0v) is 21.2. The van der Waals surface area contributed by atoms with E-state index in [0.717, 1.165) is 39.6 Å². The second kappa shape index (κ2) is 11.0. The SMILES string of the molecule is CNc1cnc2n(c1=O)C(C(=O)NCc1cc3cnc(N)cc3s1)CC2.N=C(C=O)SC(=N)C1CC1. The molecule has 0 radical (unpaired) electrons. The molecule has 1 unspecified atom stereocenters. The molecule has 1 atom stereocenters. The van der Waals surface area contributed by atoms with Crippen molar-refractivity contribution >= 4 is 67.0 Å². The number of nitrogens with two attached hydrogens (primary N) is 1. The van der Waals surface area contributed by atoms with E-state index in [-0.39, 0.29) is 16.5 Å². The molecule has 6 N–H and O–H groups in total. The van der Waals surface area contributed by atoms with Crippen LogP contribution in [0.5, 0.6) is 0 Å². The number of fused-ring (bicyclic) bond motifs is 2. The second-order valence-corrected chi connectivity index (χ2v) is 10.6. The molecule has 1 amide bonds. The van der Waals surface area contributed by atoms with Crippen LogP contribution in [0.15, 0.2) is 29.3 Å². The smallest absolute Gasteiger partial charge is 0.277 e. The summed E-state index contributed by atoms with van der Waals surface area (Å²) in [5.74, 6) is 1.31. The molecule has 0 saturated heterocycles. The number of hydrogen-bond acceptors (Lipinski definition) is 11. The number of thiophene rings is 1. The molecular formula is C23H26N8O3S2. The van der Waals surface area contributed by atoms with Gasteiger partial charge in [0.25, 0.3) is 5.56 Å². The monoisotopic (exact) mass is 526 g/mol. The molecule has 1 saturated carbocycles. The number of amides is 1. The number of carbonyl (C=O) groups is 2. The Labute approximate surface area is 214 Å². The fourth-order valence-corrected chi connectivity index (χ4v) is 5.49. The number of anilines is 2. The van der Waals surface area contributed by atoms with Crippen molar-refractivity contribution in [2.45, 2.75) is 38.3 Å². The van der Waals surface area contributed by atoms with E-state index in [9.17, 15) is 14.4 Å². The minimum atomic E-state index is -0.523. The van der Waals surface area contributed by atoms with Gasteiger partial charge < -0.3 is 16.4 Å². The number of rotatable bonds is 6. The Hall–Kier alpha value is -3.58. The number of carbonyl (C=O) groups excluding carboxylic acids is 2. The van der Waals surface area contributed by atoms with Gasteiger partial charge in [-0.15, -0.1) is 11.3 Å². The molecule has 13 heteroatoms. The van der Waals surface area contributed by atoms with Crippen molar-refractivity contribution in [2.24, 2.45) is 5.92 Å². The largest absolute Gasteiger partial charge is 0.384 e. The van der Waals surface area contributed by atoms with Gasteiger partial charge >= 0.3 is 0 Å². The van der Waals surface area contributed by atoms with Gasteiger partial charge in [0.1, 0.15) is 28.4 Å². The highest BCUT2D eigenvalue weighted by atomic mass is 32.2. The van der Waals surface area contributed by atoms with Crippen LogP contribution in [-0.2, 0) is 22.6 Å². The van der Waals surface area contributed by atoms with Crippen LogP contribution in [0.4, 0.5) is 11.5 Å². The predicted molar refractivity (Wildman–Crippen MR) is 143 cm³/mol. The molecule has 188 valence electrons. The number of thioether (sulfide) groups is 1. The predicted octanol–water partition coefficient (Wildman–Crippen LogP) is 2.56. The van der Waals surface area contributed by atoms with Crippen LogP contribution in [-0.4, -0.2) is 43.9 Å². The molecule has 0 aromatic carbocycles. The van der Waals surface area contributed by atoms with E-state index >= 15 is 0 Å². The molecular weight excluding hydrogens is 500 g/mol. The molecule has 3 aromatic rings. The maximum atomic E-state index is 12.7. The van der Waals surface area contributed by atoms with Gasteiger partial charge in [-0.1, -0.05) is 11.8 Å². The summed E-state index contributed by atoms with van der Waals surface area (Å²) in [5, 5.41) is 21.4. The Bertz CT molecular complexity index is 1400. The summed E-state index contributed by atoms with van der Waals surface area (Å²) < 4.78 is 2.53. The molecule has 0 bridgehead atoms. The molecule has 0 spiro atoms. The summed E-state index contributed by atoms with van der Waals surface area (Å²) >= 11 is 2.53. The van der Waals surface area contributed by atoms with Crippen LogP contribution in [0.3, 0.4) is 0 Å². The van der Waals surface area contributed by atoms with E-state index in [1.54, 1.807) is 24.6 Å². The zero-order chi connectivity index (χ0) is 25.8. The molecule has 11 nitrogen and oxygen atoms in total. The number of nitrogens with zero attached hydrogens (tertiary/aromatic N) is 3. The first kappa shape index (κ1) is 25.5. The quantitative estimate of drug-likeness (QED) is 0.185. The van der Waals surface area contributed by atoms with Crippen molar-refractivity contribution in [3.8, 4) is 0 Å². The van der Waals surface area contributed by atoms with Crippen LogP contribution < -0.4 is 21.9 Å². The summed E-state index contributed by atoms with van der Waals surface area (Å²) in [5.41, 5.74) is 5.89. The Morgan fingerprint density at radius 1 is 1.28 bits per heavy atom. The number of nitrogens with one attached hydrogen (secondary N) is 4. The van der Waals surface area contributed by atoms with Crippen molar-refractivity contribution < 1.29 is 9.59 Å². The third-order valence-corrected chi connectivity index (χ3v) is 7.75. The number of hydrogen-bond donors (Lipinski definition) is 5. The molecule has 5 rings (SSSR count). The number of pyridine rings is 1. The highest BCUT2D eigenvalue weighted by Crippen LogP contribution is 2.34. The summed E-state index contributed by atoms with van der Waals surface area (Å²) in [4.78, 5) is 44.5. The lowest BCUT2D eigenvalue weighted by atomic mass is 10.2. The average Bonchev–Trinajstić information content (AvgIpc) is 3.51. The maximum Gasteiger partial charge on any atom is 0.277 e. The first-order chi connectivity index (χ1) is 17.3. The minimum Gasteiger partial charge on any atom is -0.384 e. The van der Waals surface area contributed by atoms with Crippen molar-refractivity contribution in [3.05, 3.63) is 45.6 Å². The van der Waals surface area contributed by atoms with Gasteiger partial charge in [-0.05, 0) is 31.4 Å². The van der Waals surface area contributed by atoms with Crippen LogP contribution >= 0.6 is 23.1 Å². The number of nitrogen functional groups attached to an aromatic ring is 1. The van der Waals surface area contributed by atoms with E-state index in [2.05, 4.69) is 20.6 Å². The van der Waals surface area contributed by atoms with Crippen LogP contribution in [0.2, 0.25) is 0 Å². The average molecular weight is 527 g/mol. The Balaban J connectivity index is 0.000000256. The lowest BCUT2D eigenvalue weighted by Crippen LogP contribution is -2.36. The standard InChI is InChI=1S/C17H18N6O2S.C6H8N2OS/c1-19-11-8-21-15-3-2-12(23(15)17(11)25)16(24)22-7-10-4-9-6-20-14(18)5-13(9)26-10;7-5(3-9)10-6(8)4-1-2-4/h4-6,8,12,19H,2-3,7H2,1H3,(H2,18,20)(H,22,24);3-4,7-8H,1-2H2. The maximum absolute atomic E-state index is 12.7. The zero-order valence-electron chi connectivity index (χ0n) is 19.5. The van der Waals surface area contributed by atoms with Crippen molar-refractivity contribution in [3.63, 3.8) is 0 Å². The lowest BCUT2D eigenvalue weighted by Gasteiger charge is -2.14.